The Morgan fingerprint density at radius 1 is 1.29 bits per heavy atom. The zero-order valence-corrected chi connectivity index (χ0v) is 17.4. The molecule has 0 saturated heterocycles. The summed E-state index contributed by atoms with van der Waals surface area (Å²) in [7, 11) is 1.60. The van der Waals surface area contributed by atoms with Crippen molar-refractivity contribution in [3.05, 3.63) is 54.2 Å². The van der Waals surface area contributed by atoms with Gasteiger partial charge in [0.1, 0.15) is 23.7 Å². The Hall–Kier alpha value is -3.66. The summed E-state index contributed by atoms with van der Waals surface area (Å²) in [5.41, 5.74) is 0.966. The number of hydrogen-bond acceptors (Lipinski definition) is 6. The van der Waals surface area contributed by atoms with Crippen molar-refractivity contribution in [2.45, 2.75) is 26.4 Å². The first kappa shape index (κ1) is 20.6. The average Bonchev–Trinajstić information content (AvgIpc) is 3.38. The quantitative estimate of drug-likeness (QED) is 0.490. The van der Waals surface area contributed by atoms with Gasteiger partial charge < -0.3 is 14.6 Å². The van der Waals surface area contributed by atoms with Gasteiger partial charge in [0, 0.05) is 24.7 Å². The van der Waals surface area contributed by atoms with E-state index in [1.165, 1.54) is 12.1 Å². The molecule has 3 aromatic heterocycles. The lowest BCUT2D eigenvalue weighted by atomic mass is 10.1. The van der Waals surface area contributed by atoms with Gasteiger partial charge in [0.25, 0.3) is 5.91 Å². The van der Waals surface area contributed by atoms with Crippen molar-refractivity contribution in [2.75, 3.05) is 19.0 Å². The topological polar surface area (TPSA) is 99.8 Å². The summed E-state index contributed by atoms with van der Waals surface area (Å²) in [6.07, 6.45) is 3.35. The Balaban J connectivity index is 1.59. The normalized spacial score (nSPS) is 11.4. The fourth-order valence-corrected chi connectivity index (χ4v) is 3.18. The number of amides is 1. The molecule has 0 aliphatic rings. The number of nitrogens with one attached hydrogen (secondary N) is 1. The number of pyridine rings is 1. The van der Waals surface area contributed by atoms with Crippen molar-refractivity contribution < 1.29 is 13.9 Å². The highest BCUT2D eigenvalue weighted by atomic mass is 19.1. The fourth-order valence-electron chi connectivity index (χ4n) is 3.18. The van der Waals surface area contributed by atoms with Crippen LogP contribution in [-0.2, 0) is 11.3 Å². The maximum Gasteiger partial charge on any atom is 0.259 e. The van der Waals surface area contributed by atoms with Gasteiger partial charge in [0.05, 0.1) is 24.2 Å². The molecule has 3 heterocycles. The van der Waals surface area contributed by atoms with E-state index in [-0.39, 0.29) is 17.4 Å². The SMILES string of the molecule is COCCn1cc2cc(F)c(C(=O)Nc3cccc(-c4nncn4C(C)C)n3)cc2n1. The number of carbonyl (C=O) groups excluding carboxylic acids is 1. The summed E-state index contributed by atoms with van der Waals surface area (Å²) >= 11 is 0. The van der Waals surface area contributed by atoms with Crippen molar-refractivity contribution in [1.82, 2.24) is 29.5 Å². The molecule has 0 bridgehead atoms. The molecule has 0 fully saturated rings. The van der Waals surface area contributed by atoms with E-state index in [4.69, 9.17) is 4.74 Å². The van der Waals surface area contributed by atoms with Gasteiger partial charge in [-0.3, -0.25) is 9.48 Å². The largest absolute Gasteiger partial charge is 0.383 e. The molecule has 0 spiro atoms. The highest BCUT2D eigenvalue weighted by Crippen LogP contribution is 2.22. The molecule has 0 aliphatic carbocycles. The van der Waals surface area contributed by atoms with E-state index < -0.39 is 11.7 Å². The smallest absolute Gasteiger partial charge is 0.259 e. The summed E-state index contributed by atoms with van der Waals surface area (Å²) in [5, 5.41) is 15.7. The van der Waals surface area contributed by atoms with E-state index in [2.05, 4.69) is 25.6 Å². The standard InChI is InChI=1S/C21H22FN7O2/c1-13(2)29-12-23-26-20(29)17-5-4-6-19(24-17)25-21(30)15-10-18-14(9-16(15)22)11-28(27-18)7-8-31-3/h4-6,9-13H,7-8H2,1-3H3,(H,24,25,30). The minimum atomic E-state index is -0.632. The van der Waals surface area contributed by atoms with Crippen LogP contribution in [0.3, 0.4) is 0 Å². The summed E-state index contributed by atoms with van der Waals surface area (Å²) in [6, 6.07) is 8.03. The molecule has 1 N–H and O–H groups in total. The first-order chi connectivity index (χ1) is 15.0. The van der Waals surface area contributed by atoms with Crippen molar-refractivity contribution in [1.29, 1.82) is 0 Å². The van der Waals surface area contributed by atoms with Crippen molar-refractivity contribution in [2.24, 2.45) is 0 Å². The highest BCUT2D eigenvalue weighted by molar-refractivity contribution is 6.06. The highest BCUT2D eigenvalue weighted by Gasteiger charge is 2.17. The molecular weight excluding hydrogens is 401 g/mol. The van der Waals surface area contributed by atoms with Crippen LogP contribution in [0, 0.1) is 5.82 Å². The zero-order chi connectivity index (χ0) is 22.0. The van der Waals surface area contributed by atoms with Crippen LogP contribution in [0.25, 0.3) is 22.4 Å². The Morgan fingerprint density at radius 3 is 2.90 bits per heavy atom. The summed E-state index contributed by atoms with van der Waals surface area (Å²) in [5.74, 6) is -0.376. The van der Waals surface area contributed by atoms with Gasteiger partial charge in [0.15, 0.2) is 5.82 Å². The van der Waals surface area contributed by atoms with Crippen LogP contribution in [-0.4, -0.2) is 49.2 Å². The Kier molecular flexibility index (Phi) is 5.72. The lowest BCUT2D eigenvalue weighted by Gasteiger charge is -2.11. The van der Waals surface area contributed by atoms with Crippen LogP contribution in [0.2, 0.25) is 0 Å². The predicted molar refractivity (Wildman–Crippen MR) is 113 cm³/mol. The Labute approximate surface area is 177 Å². The van der Waals surface area contributed by atoms with E-state index in [1.54, 1.807) is 42.5 Å². The number of halogens is 1. The van der Waals surface area contributed by atoms with Crippen molar-refractivity contribution >= 4 is 22.6 Å². The molecule has 4 rings (SSSR count). The maximum absolute atomic E-state index is 14.6. The molecule has 10 heteroatoms. The number of fused-ring (bicyclic) bond motifs is 1. The number of nitrogens with zero attached hydrogens (tertiary/aromatic N) is 6. The number of hydrogen-bond donors (Lipinski definition) is 1. The second-order valence-corrected chi connectivity index (χ2v) is 7.29. The summed E-state index contributed by atoms with van der Waals surface area (Å²) in [6.45, 7) is 5.03. The van der Waals surface area contributed by atoms with Crippen molar-refractivity contribution in [3.63, 3.8) is 0 Å². The van der Waals surface area contributed by atoms with Gasteiger partial charge in [-0.05, 0) is 38.1 Å². The maximum atomic E-state index is 14.6. The van der Waals surface area contributed by atoms with Gasteiger partial charge in [0.2, 0.25) is 0 Å². The number of methoxy groups -OCH3 is 1. The molecule has 4 aromatic rings. The van der Waals surface area contributed by atoms with Crippen LogP contribution in [0.4, 0.5) is 10.2 Å². The van der Waals surface area contributed by atoms with Gasteiger partial charge in [-0.15, -0.1) is 10.2 Å². The third-order valence-corrected chi connectivity index (χ3v) is 4.76. The number of anilines is 1. The predicted octanol–water partition coefficient (Wildman–Crippen LogP) is 3.31. The monoisotopic (exact) mass is 423 g/mol. The van der Waals surface area contributed by atoms with Gasteiger partial charge in [-0.25, -0.2) is 9.37 Å². The van der Waals surface area contributed by atoms with Gasteiger partial charge >= 0.3 is 0 Å². The third kappa shape index (κ3) is 4.29. The Bertz CT molecular complexity index is 1230. The minimum absolute atomic E-state index is 0.109. The minimum Gasteiger partial charge on any atom is -0.383 e. The second kappa shape index (κ2) is 8.60. The van der Waals surface area contributed by atoms with Gasteiger partial charge in [-0.1, -0.05) is 6.07 Å². The molecule has 0 unspecified atom stereocenters. The molecule has 0 saturated carbocycles. The molecule has 31 heavy (non-hydrogen) atoms. The zero-order valence-electron chi connectivity index (χ0n) is 17.4. The van der Waals surface area contributed by atoms with E-state index >= 15 is 0 Å². The summed E-state index contributed by atoms with van der Waals surface area (Å²) < 4.78 is 23.2. The van der Waals surface area contributed by atoms with Crippen LogP contribution in [0.1, 0.15) is 30.2 Å². The van der Waals surface area contributed by atoms with E-state index in [1.807, 2.05) is 18.4 Å². The number of ether oxygens (including phenoxy) is 1. The number of rotatable bonds is 7. The van der Waals surface area contributed by atoms with E-state index in [9.17, 15) is 9.18 Å². The molecule has 0 atom stereocenters. The molecule has 0 radical (unpaired) electrons. The number of carbonyl (C=O) groups is 1. The van der Waals surface area contributed by atoms with Crippen LogP contribution < -0.4 is 5.32 Å². The average molecular weight is 423 g/mol. The van der Waals surface area contributed by atoms with E-state index in [0.29, 0.717) is 35.6 Å². The lowest BCUT2D eigenvalue weighted by Crippen LogP contribution is -2.15. The molecular formula is C21H22FN7O2. The first-order valence-corrected chi connectivity index (χ1v) is 9.80. The second-order valence-electron chi connectivity index (χ2n) is 7.29. The van der Waals surface area contributed by atoms with Crippen LogP contribution in [0.15, 0.2) is 42.9 Å². The molecule has 1 amide bonds. The number of benzene rings is 1. The molecule has 160 valence electrons. The molecule has 1 aromatic carbocycles. The summed E-state index contributed by atoms with van der Waals surface area (Å²) in [4.78, 5) is 17.2. The lowest BCUT2D eigenvalue weighted by molar-refractivity contribution is 0.102. The molecule has 0 aliphatic heterocycles. The fraction of sp³-hybridized carbons (Fsp3) is 0.286. The van der Waals surface area contributed by atoms with Crippen LogP contribution >= 0.6 is 0 Å². The van der Waals surface area contributed by atoms with Crippen LogP contribution in [0.5, 0.6) is 0 Å². The number of aromatic nitrogens is 6. The third-order valence-electron chi connectivity index (χ3n) is 4.76. The van der Waals surface area contributed by atoms with E-state index in [0.717, 1.165) is 0 Å². The first-order valence-electron chi connectivity index (χ1n) is 9.80. The van der Waals surface area contributed by atoms with Gasteiger partial charge in [-0.2, -0.15) is 5.10 Å². The Morgan fingerprint density at radius 2 is 2.13 bits per heavy atom. The van der Waals surface area contributed by atoms with Crippen molar-refractivity contribution in [3.8, 4) is 11.5 Å². The molecule has 9 nitrogen and oxygen atoms in total.